The van der Waals surface area contributed by atoms with E-state index in [0.29, 0.717) is 41.8 Å². The second-order valence-electron chi connectivity index (χ2n) is 10.1. The molecule has 0 bridgehead atoms. The fraction of sp³-hybridized carbons (Fsp3) is 0.176. The fourth-order valence-electron chi connectivity index (χ4n) is 5.37. The number of nitrogens with zero attached hydrogens (tertiary/aromatic N) is 2. The molecule has 1 aliphatic heterocycles. The van der Waals surface area contributed by atoms with E-state index in [0.717, 1.165) is 39.3 Å². The Labute approximate surface area is 249 Å². The lowest BCUT2D eigenvalue weighted by Gasteiger charge is -2.27. The Balaban J connectivity index is 1.30. The molecule has 0 spiro atoms. The van der Waals surface area contributed by atoms with Crippen LogP contribution in [0.1, 0.15) is 38.8 Å². The Kier molecular flexibility index (Phi) is 7.84. The molecule has 1 N–H and O–H groups in total. The summed E-state index contributed by atoms with van der Waals surface area (Å²) < 4.78 is 16.9. The summed E-state index contributed by atoms with van der Waals surface area (Å²) >= 11 is 6.01. The zero-order valence-electron chi connectivity index (χ0n) is 23.3. The van der Waals surface area contributed by atoms with E-state index >= 15 is 0 Å². The maximum atomic E-state index is 13.8. The fourth-order valence-corrected chi connectivity index (χ4v) is 5.50. The number of benzene rings is 4. The Bertz CT molecular complexity index is 1680. The topological polar surface area (TPSA) is 76.7 Å². The molecule has 42 heavy (non-hydrogen) atoms. The van der Waals surface area contributed by atoms with Gasteiger partial charge in [0.1, 0.15) is 18.1 Å². The number of carbonyl (C=O) groups excluding carboxylic acids is 1. The van der Waals surface area contributed by atoms with E-state index in [9.17, 15) is 4.79 Å². The van der Waals surface area contributed by atoms with E-state index in [1.54, 1.807) is 14.2 Å². The van der Waals surface area contributed by atoms with Gasteiger partial charge in [0.15, 0.2) is 11.5 Å². The molecular formula is C34H30ClN3O4. The minimum Gasteiger partial charge on any atom is -0.493 e. The van der Waals surface area contributed by atoms with Crippen LogP contribution in [0.3, 0.4) is 0 Å². The van der Waals surface area contributed by atoms with E-state index in [1.165, 1.54) is 0 Å². The van der Waals surface area contributed by atoms with Crippen LogP contribution in [0.5, 0.6) is 17.2 Å². The molecule has 0 aliphatic carbocycles. The summed E-state index contributed by atoms with van der Waals surface area (Å²) in [5, 5.41) is 8.31. The van der Waals surface area contributed by atoms with Crippen LogP contribution in [-0.2, 0) is 13.0 Å². The van der Waals surface area contributed by atoms with Crippen molar-refractivity contribution in [1.82, 2.24) is 15.1 Å². The third-order valence-electron chi connectivity index (χ3n) is 7.51. The smallest absolute Gasteiger partial charge is 0.273 e. The SMILES string of the molecule is COc1ccc(CCN2C(=O)c3[nH]nc(-c4ccccc4)c3C2c2ccc(OCc3ccc(Cl)cc3)cc2)cc1OC. The van der Waals surface area contributed by atoms with E-state index < -0.39 is 0 Å². The molecule has 212 valence electrons. The van der Waals surface area contributed by atoms with Gasteiger partial charge in [-0.3, -0.25) is 9.89 Å². The Morgan fingerprint density at radius 1 is 0.857 bits per heavy atom. The Morgan fingerprint density at radius 2 is 1.57 bits per heavy atom. The number of fused-ring (bicyclic) bond motifs is 1. The average Bonchev–Trinajstić information content (AvgIpc) is 3.58. The van der Waals surface area contributed by atoms with Crippen LogP contribution in [0.4, 0.5) is 0 Å². The number of aromatic nitrogens is 2. The van der Waals surface area contributed by atoms with Gasteiger partial charge < -0.3 is 19.1 Å². The lowest BCUT2D eigenvalue weighted by atomic mass is 9.96. The van der Waals surface area contributed by atoms with E-state index in [-0.39, 0.29) is 11.9 Å². The quantitative estimate of drug-likeness (QED) is 0.191. The highest BCUT2D eigenvalue weighted by atomic mass is 35.5. The van der Waals surface area contributed by atoms with Crippen LogP contribution in [0.25, 0.3) is 11.3 Å². The largest absolute Gasteiger partial charge is 0.493 e. The van der Waals surface area contributed by atoms with Gasteiger partial charge in [-0.05, 0) is 59.5 Å². The number of methoxy groups -OCH3 is 2. The lowest BCUT2D eigenvalue weighted by Crippen LogP contribution is -2.31. The van der Waals surface area contributed by atoms with E-state index in [4.69, 9.17) is 25.8 Å². The van der Waals surface area contributed by atoms with Crippen LogP contribution in [0.15, 0.2) is 97.1 Å². The molecule has 6 rings (SSSR count). The van der Waals surface area contributed by atoms with Crippen molar-refractivity contribution in [3.05, 3.63) is 130 Å². The van der Waals surface area contributed by atoms with Gasteiger partial charge in [-0.25, -0.2) is 0 Å². The van der Waals surface area contributed by atoms with Gasteiger partial charge in [0.25, 0.3) is 5.91 Å². The summed E-state index contributed by atoms with van der Waals surface area (Å²) in [5.74, 6) is 2.00. The number of rotatable bonds is 10. The van der Waals surface area contributed by atoms with Crippen molar-refractivity contribution in [2.24, 2.45) is 0 Å². The summed E-state index contributed by atoms with van der Waals surface area (Å²) in [7, 11) is 3.24. The van der Waals surface area contributed by atoms with Crippen molar-refractivity contribution < 1.29 is 19.0 Å². The first kappa shape index (κ1) is 27.4. The van der Waals surface area contributed by atoms with Gasteiger partial charge in [0.05, 0.1) is 26.0 Å². The molecule has 0 saturated heterocycles. The molecule has 2 heterocycles. The summed E-state index contributed by atoms with van der Waals surface area (Å²) in [6, 6.07) is 31.0. The number of amides is 1. The van der Waals surface area contributed by atoms with Crippen molar-refractivity contribution in [2.45, 2.75) is 19.1 Å². The lowest BCUT2D eigenvalue weighted by molar-refractivity contribution is 0.0746. The molecular weight excluding hydrogens is 550 g/mol. The van der Waals surface area contributed by atoms with Crippen molar-refractivity contribution in [3.63, 3.8) is 0 Å². The molecule has 5 aromatic rings. The average molecular weight is 580 g/mol. The number of aromatic amines is 1. The first-order valence-electron chi connectivity index (χ1n) is 13.7. The van der Waals surface area contributed by atoms with Crippen molar-refractivity contribution in [3.8, 4) is 28.5 Å². The zero-order chi connectivity index (χ0) is 29.1. The number of ether oxygens (including phenoxy) is 3. The van der Waals surface area contributed by atoms with Crippen LogP contribution < -0.4 is 14.2 Å². The summed E-state index contributed by atoms with van der Waals surface area (Å²) in [5.41, 5.74) is 6.19. The van der Waals surface area contributed by atoms with Crippen LogP contribution >= 0.6 is 11.6 Å². The van der Waals surface area contributed by atoms with Gasteiger partial charge in [0.2, 0.25) is 0 Å². The monoisotopic (exact) mass is 579 g/mol. The van der Waals surface area contributed by atoms with Crippen LogP contribution in [0, 0.1) is 0 Å². The number of halogens is 1. The first-order valence-corrected chi connectivity index (χ1v) is 14.1. The molecule has 0 fully saturated rings. The third kappa shape index (κ3) is 5.43. The standard InChI is InChI=1S/C34H30ClN3O4/c1-40-28-17-10-22(20-29(28)41-2)18-19-38-33(30-31(24-6-4-3-5-7-24)36-37-32(30)34(38)39)25-11-15-27(16-12-25)42-21-23-8-13-26(35)14-9-23/h3-17,20,33H,18-19,21H2,1-2H3,(H,36,37). The molecule has 1 aromatic heterocycles. The van der Waals surface area contributed by atoms with Crippen molar-refractivity contribution >= 4 is 17.5 Å². The minimum absolute atomic E-state index is 0.0757. The highest BCUT2D eigenvalue weighted by molar-refractivity contribution is 6.30. The summed E-state index contributed by atoms with van der Waals surface area (Å²) in [4.78, 5) is 15.7. The molecule has 1 amide bonds. The van der Waals surface area contributed by atoms with Crippen molar-refractivity contribution in [2.75, 3.05) is 20.8 Å². The van der Waals surface area contributed by atoms with E-state index in [2.05, 4.69) is 10.2 Å². The molecule has 1 unspecified atom stereocenters. The van der Waals surface area contributed by atoms with E-state index in [1.807, 2.05) is 102 Å². The van der Waals surface area contributed by atoms with Gasteiger partial charge in [-0.15, -0.1) is 0 Å². The first-order chi connectivity index (χ1) is 20.6. The molecule has 0 saturated carbocycles. The Morgan fingerprint density at radius 3 is 2.29 bits per heavy atom. The highest BCUT2D eigenvalue weighted by Crippen LogP contribution is 2.43. The molecule has 1 aliphatic rings. The van der Waals surface area contributed by atoms with Gasteiger partial charge in [-0.2, -0.15) is 5.10 Å². The maximum absolute atomic E-state index is 13.8. The van der Waals surface area contributed by atoms with Crippen molar-refractivity contribution in [1.29, 1.82) is 0 Å². The molecule has 7 nitrogen and oxygen atoms in total. The number of hydrogen-bond acceptors (Lipinski definition) is 5. The van der Waals surface area contributed by atoms with Crippen LogP contribution in [-0.4, -0.2) is 41.8 Å². The minimum atomic E-state index is -0.313. The van der Waals surface area contributed by atoms with Gasteiger partial charge >= 0.3 is 0 Å². The second-order valence-corrected chi connectivity index (χ2v) is 10.5. The number of hydrogen-bond donors (Lipinski definition) is 1. The van der Waals surface area contributed by atoms with Gasteiger partial charge in [-0.1, -0.05) is 72.3 Å². The molecule has 4 aromatic carbocycles. The predicted octanol–water partition coefficient (Wildman–Crippen LogP) is 7.11. The van der Waals surface area contributed by atoms with Crippen LogP contribution in [0.2, 0.25) is 5.02 Å². The third-order valence-corrected chi connectivity index (χ3v) is 7.77. The zero-order valence-corrected chi connectivity index (χ0v) is 24.1. The molecule has 0 radical (unpaired) electrons. The number of nitrogens with one attached hydrogen (secondary N) is 1. The Hall–Kier alpha value is -4.75. The molecule has 1 atom stereocenters. The normalized spacial score (nSPS) is 14.1. The number of carbonyl (C=O) groups is 1. The maximum Gasteiger partial charge on any atom is 0.273 e. The molecule has 8 heteroatoms. The number of H-pyrrole nitrogens is 1. The second kappa shape index (κ2) is 12.0. The summed E-state index contributed by atoms with van der Waals surface area (Å²) in [6.45, 7) is 0.935. The highest BCUT2D eigenvalue weighted by Gasteiger charge is 2.42. The summed E-state index contributed by atoms with van der Waals surface area (Å²) in [6.07, 6.45) is 0.642. The predicted molar refractivity (Wildman–Crippen MR) is 162 cm³/mol. The van der Waals surface area contributed by atoms with Gasteiger partial charge in [0, 0.05) is 22.7 Å².